The number of ether oxygens (including phenoxy) is 1. The summed E-state index contributed by atoms with van der Waals surface area (Å²) in [6.07, 6.45) is 10.2. The third-order valence-electron chi connectivity index (χ3n) is 2.09. The van der Waals surface area contributed by atoms with Gasteiger partial charge in [0.2, 0.25) is 0 Å². The van der Waals surface area contributed by atoms with Gasteiger partial charge in [-0.2, -0.15) is 0 Å². The highest BCUT2D eigenvalue weighted by Gasteiger charge is 2.20. The molecule has 0 aromatic carbocycles. The maximum atomic E-state index is 11.4. The molecule has 92 valence electrons. The molecule has 0 bridgehead atoms. The highest BCUT2D eigenvalue weighted by molar-refractivity contribution is 5.72. The van der Waals surface area contributed by atoms with Crippen LogP contribution in [0, 0.1) is 5.92 Å². The summed E-state index contributed by atoms with van der Waals surface area (Å²) in [5, 5.41) is 0. The lowest BCUT2D eigenvalue weighted by atomic mass is 10.1. The summed E-state index contributed by atoms with van der Waals surface area (Å²) in [5.74, 6) is -0.223. The topological polar surface area (TPSA) is 26.3 Å². The van der Waals surface area contributed by atoms with Crippen molar-refractivity contribution in [1.29, 1.82) is 0 Å². The molecule has 0 radical (unpaired) electrons. The average Bonchev–Trinajstić information content (AvgIpc) is 2.16. The summed E-state index contributed by atoms with van der Waals surface area (Å²) in [4.78, 5) is 11.4. The molecule has 0 rings (SSSR count). The number of hydrogen-bond acceptors (Lipinski definition) is 2. The number of allylic oxidation sites excluding steroid dienone is 3. The van der Waals surface area contributed by atoms with Crippen molar-refractivity contribution in [2.24, 2.45) is 5.92 Å². The van der Waals surface area contributed by atoms with Crippen LogP contribution >= 0.6 is 0 Å². The fourth-order valence-electron chi connectivity index (χ4n) is 1.14. The third-order valence-corrected chi connectivity index (χ3v) is 2.09. The van der Waals surface area contributed by atoms with Crippen LogP contribution in [0.4, 0.5) is 0 Å². The summed E-state index contributed by atoms with van der Waals surface area (Å²) in [5.41, 5.74) is -0.503. The van der Waals surface area contributed by atoms with Gasteiger partial charge in [0.25, 0.3) is 0 Å². The molecule has 0 amide bonds. The average molecular weight is 224 g/mol. The molecule has 0 fully saturated rings. The molecule has 0 aliphatic heterocycles. The van der Waals surface area contributed by atoms with Crippen LogP contribution < -0.4 is 0 Å². The number of carbonyl (C=O) groups is 1. The minimum absolute atomic E-state index is 0.0734. The van der Waals surface area contributed by atoms with Crippen LogP contribution in [0.5, 0.6) is 0 Å². The van der Waals surface area contributed by atoms with Crippen LogP contribution in [0.15, 0.2) is 24.3 Å². The second-order valence-electron chi connectivity index (χ2n) is 4.73. The van der Waals surface area contributed by atoms with Crippen LogP contribution in [0.25, 0.3) is 0 Å². The zero-order valence-corrected chi connectivity index (χ0v) is 11.1. The van der Waals surface area contributed by atoms with Gasteiger partial charge in [-0.15, -0.1) is 0 Å². The van der Waals surface area contributed by atoms with E-state index < -0.39 is 5.60 Å². The van der Waals surface area contributed by atoms with E-state index in [0.29, 0.717) is 0 Å². The Kier molecular flexibility index (Phi) is 6.78. The van der Waals surface area contributed by atoms with Gasteiger partial charge >= 0.3 is 5.97 Å². The van der Waals surface area contributed by atoms with E-state index in [1.807, 2.05) is 46.8 Å². The minimum atomic E-state index is -0.503. The van der Waals surface area contributed by atoms with Gasteiger partial charge < -0.3 is 4.74 Å². The first-order valence-electron chi connectivity index (χ1n) is 5.90. The minimum Gasteiger partial charge on any atom is -0.455 e. The summed E-state index contributed by atoms with van der Waals surface area (Å²) in [6.45, 7) is 9.50. The van der Waals surface area contributed by atoms with Crippen molar-refractivity contribution in [2.75, 3.05) is 0 Å². The molecule has 0 aromatic rings. The Balaban J connectivity index is 4.08. The first-order valence-corrected chi connectivity index (χ1v) is 5.90. The van der Waals surface area contributed by atoms with Crippen molar-refractivity contribution in [3.8, 4) is 0 Å². The van der Waals surface area contributed by atoms with Gasteiger partial charge in [-0.05, 0) is 39.7 Å². The van der Waals surface area contributed by atoms with Gasteiger partial charge in [0.1, 0.15) is 5.60 Å². The predicted octanol–water partition coefficient (Wildman–Crippen LogP) is 3.88. The van der Waals surface area contributed by atoms with Gasteiger partial charge in [0.15, 0.2) is 0 Å². The molecule has 0 N–H and O–H groups in total. The standard InChI is InChI=1S/C14H24O2/c1-6-7-8-9-10-11-14(4,5)16-13(15)12(2)3/h6-7,10-12H,8-9H2,1-5H3. The Hall–Kier alpha value is -1.05. The molecule has 0 aromatic heterocycles. The molecule has 0 atom stereocenters. The highest BCUT2D eigenvalue weighted by atomic mass is 16.6. The SMILES string of the molecule is CC=CCCC=CC(C)(C)OC(=O)C(C)C. The van der Waals surface area contributed by atoms with E-state index in [-0.39, 0.29) is 11.9 Å². The smallest absolute Gasteiger partial charge is 0.309 e. The van der Waals surface area contributed by atoms with Crippen molar-refractivity contribution >= 4 is 5.97 Å². The second-order valence-corrected chi connectivity index (χ2v) is 4.73. The van der Waals surface area contributed by atoms with Crippen molar-refractivity contribution in [1.82, 2.24) is 0 Å². The summed E-state index contributed by atoms with van der Waals surface area (Å²) >= 11 is 0. The lowest BCUT2D eigenvalue weighted by molar-refractivity contribution is -0.156. The Morgan fingerprint density at radius 3 is 2.31 bits per heavy atom. The molecule has 16 heavy (non-hydrogen) atoms. The maximum Gasteiger partial charge on any atom is 0.309 e. The normalized spacial score (nSPS) is 12.9. The van der Waals surface area contributed by atoms with Crippen molar-refractivity contribution in [2.45, 2.75) is 53.1 Å². The van der Waals surface area contributed by atoms with Crippen LogP contribution in [0.2, 0.25) is 0 Å². The molecule has 0 unspecified atom stereocenters. The van der Waals surface area contributed by atoms with E-state index in [9.17, 15) is 4.79 Å². The summed E-state index contributed by atoms with van der Waals surface area (Å²) in [6, 6.07) is 0. The van der Waals surface area contributed by atoms with Crippen LogP contribution in [-0.4, -0.2) is 11.6 Å². The fraction of sp³-hybridized carbons (Fsp3) is 0.643. The van der Waals surface area contributed by atoms with Gasteiger partial charge in [-0.3, -0.25) is 4.79 Å². The van der Waals surface area contributed by atoms with Crippen molar-refractivity contribution in [3.05, 3.63) is 24.3 Å². The molecule has 0 saturated carbocycles. The molecular weight excluding hydrogens is 200 g/mol. The number of hydrogen-bond donors (Lipinski definition) is 0. The van der Waals surface area contributed by atoms with Crippen molar-refractivity contribution < 1.29 is 9.53 Å². The van der Waals surface area contributed by atoms with Crippen molar-refractivity contribution in [3.63, 3.8) is 0 Å². The number of rotatable bonds is 6. The van der Waals surface area contributed by atoms with E-state index in [1.165, 1.54) is 0 Å². The van der Waals surface area contributed by atoms with Gasteiger partial charge in [0, 0.05) is 0 Å². The molecule has 0 spiro atoms. The Labute approximate surface area is 99.4 Å². The largest absolute Gasteiger partial charge is 0.455 e. The Morgan fingerprint density at radius 2 is 1.81 bits per heavy atom. The van der Waals surface area contributed by atoms with Gasteiger partial charge in [-0.25, -0.2) is 0 Å². The zero-order chi connectivity index (χ0) is 12.6. The van der Waals surface area contributed by atoms with E-state index >= 15 is 0 Å². The number of carbonyl (C=O) groups excluding carboxylic acids is 1. The first-order chi connectivity index (χ1) is 7.39. The summed E-state index contributed by atoms with van der Waals surface area (Å²) < 4.78 is 5.36. The molecule has 0 aliphatic carbocycles. The Bertz CT molecular complexity index is 260. The van der Waals surface area contributed by atoms with E-state index in [1.54, 1.807) is 0 Å². The molecule has 2 heteroatoms. The Morgan fingerprint density at radius 1 is 1.25 bits per heavy atom. The second kappa shape index (κ2) is 7.26. The van der Waals surface area contributed by atoms with E-state index in [0.717, 1.165) is 12.8 Å². The monoisotopic (exact) mass is 224 g/mol. The fourth-order valence-corrected chi connectivity index (χ4v) is 1.14. The van der Waals surface area contributed by atoms with Gasteiger partial charge in [-0.1, -0.05) is 32.1 Å². The lowest BCUT2D eigenvalue weighted by Gasteiger charge is -2.22. The van der Waals surface area contributed by atoms with Crippen LogP contribution in [0.3, 0.4) is 0 Å². The third kappa shape index (κ3) is 7.27. The zero-order valence-electron chi connectivity index (χ0n) is 11.1. The van der Waals surface area contributed by atoms with E-state index in [2.05, 4.69) is 12.2 Å². The lowest BCUT2D eigenvalue weighted by Crippen LogP contribution is -2.27. The van der Waals surface area contributed by atoms with Crippen LogP contribution in [0.1, 0.15) is 47.5 Å². The molecular formula is C14H24O2. The molecule has 2 nitrogen and oxygen atoms in total. The molecule has 0 heterocycles. The van der Waals surface area contributed by atoms with Gasteiger partial charge in [0.05, 0.1) is 5.92 Å². The van der Waals surface area contributed by atoms with Crippen LogP contribution in [-0.2, 0) is 9.53 Å². The maximum absolute atomic E-state index is 11.4. The molecule has 0 saturated heterocycles. The number of unbranched alkanes of at least 4 members (excludes halogenated alkanes) is 1. The summed E-state index contributed by atoms with van der Waals surface area (Å²) in [7, 11) is 0. The first kappa shape index (κ1) is 14.9. The quantitative estimate of drug-likeness (QED) is 0.389. The highest BCUT2D eigenvalue weighted by Crippen LogP contribution is 2.14. The number of esters is 1. The van der Waals surface area contributed by atoms with E-state index in [4.69, 9.17) is 4.74 Å². The predicted molar refractivity (Wildman–Crippen MR) is 68.2 cm³/mol. The molecule has 0 aliphatic rings.